The lowest BCUT2D eigenvalue weighted by Gasteiger charge is -2.11. The summed E-state index contributed by atoms with van der Waals surface area (Å²) in [7, 11) is 3.00. The van der Waals surface area contributed by atoms with Crippen LogP contribution in [0, 0.1) is 0 Å². The summed E-state index contributed by atoms with van der Waals surface area (Å²) < 4.78 is 0. The van der Waals surface area contributed by atoms with Crippen LogP contribution < -0.4 is 5.73 Å². The minimum Gasteiger partial charge on any atom is -0.399 e. The number of fused-ring (bicyclic) bond motifs is 1. The van der Waals surface area contributed by atoms with E-state index in [1.807, 2.05) is 12.1 Å². The summed E-state index contributed by atoms with van der Waals surface area (Å²) >= 11 is 0. The molecule has 1 heterocycles. The number of rotatable bonds is 2. The number of nitrogens with one attached hydrogen (secondary N) is 1. The van der Waals surface area contributed by atoms with Gasteiger partial charge in [-0.3, -0.25) is 9.63 Å². The number of benzene rings is 1. The van der Waals surface area contributed by atoms with Crippen molar-refractivity contribution in [2.45, 2.75) is 0 Å². The molecule has 1 aromatic heterocycles. The van der Waals surface area contributed by atoms with Crippen molar-refractivity contribution in [2.75, 3.05) is 19.9 Å². The van der Waals surface area contributed by atoms with Crippen molar-refractivity contribution in [2.24, 2.45) is 0 Å². The Morgan fingerprint density at radius 2 is 2.19 bits per heavy atom. The maximum absolute atomic E-state index is 11.8. The van der Waals surface area contributed by atoms with Gasteiger partial charge in [0.05, 0.1) is 7.11 Å². The molecule has 0 bridgehead atoms. The number of aromatic nitrogens is 1. The molecule has 0 aliphatic carbocycles. The zero-order chi connectivity index (χ0) is 11.7. The van der Waals surface area contributed by atoms with Crippen molar-refractivity contribution in [3.8, 4) is 0 Å². The number of amides is 1. The van der Waals surface area contributed by atoms with Gasteiger partial charge in [0.1, 0.15) is 5.69 Å². The lowest BCUT2D eigenvalue weighted by atomic mass is 10.2. The Bertz CT molecular complexity index is 533. The van der Waals surface area contributed by atoms with Crippen LogP contribution in [0.15, 0.2) is 24.3 Å². The monoisotopic (exact) mass is 219 g/mol. The fraction of sp³-hybridized carbons (Fsp3) is 0.182. The number of hydroxylamine groups is 2. The molecule has 1 amide bonds. The van der Waals surface area contributed by atoms with Crippen LogP contribution in [0.3, 0.4) is 0 Å². The molecule has 0 aliphatic rings. The van der Waals surface area contributed by atoms with Gasteiger partial charge in [0, 0.05) is 23.6 Å². The predicted molar refractivity (Wildman–Crippen MR) is 61.8 cm³/mol. The lowest BCUT2D eigenvalue weighted by Crippen LogP contribution is -2.25. The minimum atomic E-state index is -0.225. The SMILES string of the molecule is CON(C)C(=O)c1cc2cc(N)ccc2[nH]1. The molecule has 3 N–H and O–H groups in total. The van der Waals surface area contributed by atoms with Gasteiger partial charge in [0.15, 0.2) is 0 Å². The number of nitrogen functional groups attached to an aromatic ring is 1. The largest absolute Gasteiger partial charge is 0.399 e. The Kier molecular flexibility index (Phi) is 2.54. The van der Waals surface area contributed by atoms with Crippen molar-refractivity contribution in [3.63, 3.8) is 0 Å². The summed E-state index contributed by atoms with van der Waals surface area (Å²) in [6.07, 6.45) is 0. The highest BCUT2D eigenvalue weighted by atomic mass is 16.7. The summed E-state index contributed by atoms with van der Waals surface area (Å²) in [5.41, 5.74) is 7.69. The first-order valence-corrected chi connectivity index (χ1v) is 4.82. The van der Waals surface area contributed by atoms with Crippen LogP contribution in [0.1, 0.15) is 10.5 Å². The van der Waals surface area contributed by atoms with Crippen LogP contribution in [0.25, 0.3) is 10.9 Å². The topological polar surface area (TPSA) is 71.3 Å². The van der Waals surface area contributed by atoms with Crippen LogP contribution in [0.5, 0.6) is 0 Å². The first-order valence-electron chi connectivity index (χ1n) is 4.82. The average Bonchev–Trinajstić information content (AvgIpc) is 2.69. The molecule has 84 valence electrons. The van der Waals surface area contributed by atoms with E-state index in [1.165, 1.54) is 7.11 Å². The van der Waals surface area contributed by atoms with Crippen LogP contribution >= 0.6 is 0 Å². The van der Waals surface area contributed by atoms with Crippen LogP contribution in [-0.4, -0.2) is 30.1 Å². The van der Waals surface area contributed by atoms with Gasteiger partial charge in [-0.05, 0) is 24.3 Å². The maximum atomic E-state index is 11.8. The number of nitrogens with zero attached hydrogens (tertiary/aromatic N) is 1. The second kappa shape index (κ2) is 3.86. The van der Waals surface area contributed by atoms with Crippen LogP contribution in [0.4, 0.5) is 5.69 Å². The van der Waals surface area contributed by atoms with E-state index in [4.69, 9.17) is 10.6 Å². The molecular weight excluding hydrogens is 206 g/mol. The third kappa shape index (κ3) is 1.72. The Morgan fingerprint density at radius 3 is 2.88 bits per heavy atom. The number of anilines is 1. The quantitative estimate of drug-likeness (QED) is 0.592. The third-order valence-corrected chi connectivity index (χ3v) is 2.44. The van der Waals surface area contributed by atoms with E-state index >= 15 is 0 Å². The smallest absolute Gasteiger partial charge is 0.293 e. The van der Waals surface area contributed by atoms with E-state index in [9.17, 15) is 4.79 Å². The summed E-state index contributed by atoms with van der Waals surface area (Å²) in [6, 6.07) is 7.19. The molecule has 0 saturated carbocycles. The van der Waals surface area contributed by atoms with Crippen molar-refractivity contribution in [1.82, 2.24) is 10.0 Å². The summed E-state index contributed by atoms with van der Waals surface area (Å²) in [5.74, 6) is -0.225. The predicted octanol–water partition coefficient (Wildman–Crippen LogP) is 1.38. The molecule has 0 unspecified atom stereocenters. The van der Waals surface area contributed by atoms with Gasteiger partial charge in [0.25, 0.3) is 5.91 Å². The third-order valence-electron chi connectivity index (χ3n) is 2.44. The Labute approximate surface area is 92.7 Å². The van der Waals surface area contributed by atoms with Crippen molar-refractivity contribution < 1.29 is 9.63 Å². The van der Waals surface area contributed by atoms with E-state index in [2.05, 4.69) is 4.98 Å². The Balaban J connectivity index is 2.43. The number of nitrogens with two attached hydrogens (primary N) is 1. The number of hydrogen-bond donors (Lipinski definition) is 2. The summed E-state index contributed by atoms with van der Waals surface area (Å²) in [4.78, 5) is 19.6. The molecule has 5 heteroatoms. The molecule has 0 fully saturated rings. The number of hydrogen-bond acceptors (Lipinski definition) is 3. The number of carbonyl (C=O) groups is 1. The molecule has 2 aromatic rings. The maximum Gasteiger partial charge on any atom is 0.293 e. The number of carbonyl (C=O) groups excluding carboxylic acids is 1. The Hall–Kier alpha value is -2.01. The van der Waals surface area contributed by atoms with Gasteiger partial charge in [-0.15, -0.1) is 0 Å². The molecule has 0 aliphatic heterocycles. The minimum absolute atomic E-state index is 0.225. The van der Waals surface area contributed by atoms with Crippen LogP contribution in [-0.2, 0) is 4.84 Å². The van der Waals surface area contributed by atoms with E-state index < -0.39 is 0 Å². The first kappa shape index (κ1) is 10.5. The van der Waals surface area contributed by atoms with Crippen molar-refractivity contribution in [1.29, 1.82) is 0 Å². The lowest BCUT2D eigenvalue weighted by molar-refractivity contribution is -0.0759. The molecule has 0 saturated heterocycles. The molecule has 16 heavy (non-hydrogen) atoms. The van der Waals surface area contributed by atoms with Gasteiger partial charge >= 0.3 is 0 Å². The van der Waals surface area contributed by atoms with Crippen molar-refractivity contribution >= 4 is 22.5 Å². The molecule has 0 atom stereocenters. The van der Waals surface area contributed by atoms with E-state index in [-0.39, 0.29) is 5.91 Å². The molecule has 0 spiro atoms. The molecule has 5 nitrogen and oxygen atoms in total. The highest BCUT2D eigenvalue weighted by Gasteiger charge is 2.13. The van der Waals surface area contributed by atoms with Gasteiger partial charge in [0.2, 0.25) is 0 Å². The molecule has 0 radical (unpaired) electrons. The molecule has 2 rings (SSSR count). The van der Waals surface area contributed by atoms with Crippen molar-refractivity contribution in [3.05, 3.63) is 30.0 Å². The zero-order valence-electron chi connectivity index (χ0n) is 9.15. The molecule has 1 aromatic carbocycles. The highest BCUT2D eigenvalue weighted by molar-refractivity contribution is 5.98. The zero-order valence-corrected chi connectivity index (χ0v) is 9.15. The number of aromatic amines is 1. The van der Waals surface area contributed by atoms with Crippen LogP contribution in [0.2, 0.25) is 0 Å². The second-order valence-electron chi connectivity index (χ2n) is 3.51. The fourth-order valence-electron chi connectivity index (χ4n) is 1.52. The summed E-state index contributed by atoms with van der Waals surface area (Å²) in [6.45, 7) is 0. The fourth-order valence-corrected chi connectivity index (χ4v) is 1.52. The van der Waals surface area contributed by atoms with E-state index in [0.717, 1.165) is 16.0 Å². The second-order valence-corrected chi connectivity index (χ2v) is 3.51. The normalized spacial score (nSPS) is 10.6. The van der Waals surface area contributed by atoms with Gasteiger partial charge in [-0.25, -0.2) is 5.06 Å². The number of H-pyrrole nitrogens is 1. The van der Waals surface area contributed by atoms with E-state index in [1.54, 1.807) is 19.2 Å². The van der Waals surface area contributed by atoms with Gasteiger partial charge < -0.3 is 10.7 Å². The first-order chi connectivity index (χ1) is 7.61. The standard InChI is InChI=1S/C11H13N3O2/c1-14(16-2)11(15)10-6-7-5-8(12)3-4-9(7)13-10/h3-6,13H,12H2,1-2H3. The Morgan fingerprint density at radius 1 is 1.44 bits per heavy atom. The van der Waals surface area contributed by atoms with Gasteiger partial charge in [-0.1, -0.05) is 0 Å². The summed E-state index contributed by atoms with van der Waals surface area (Å²) in [5, 5.41) is 2.07. The highest BCUT2D eigenvalue weighted by Crippen LogP contribution is 2.19. The average molecular weight is 219 g/mol. The molecular formula is C11H13N3O2. The van der Waals surface area contributed by atoms with E-state index in [0.29, 0.717) is 11.4 Å². The van der Waals surface area contributed by atoms with Gasteiger partial charge in [-0.2, -0.15) is 0 Å².